The Hall–Kier alpha value is -2.60. The number of hydrogen-bond acceptors (Lipinski definition) is 4. The largest absolute Gasteiger partial charge is 0.497 e. The van der Waals surface area contributed by atoms with Crippen LogP contribution in [0, 0.1) is 0 Å². The first kappa shape index (κ1) is 19.2. The molecule has 1 atom stereocenters. The fourth-order valence-electron chi connectivity index (χ4n) is 3.48. The Morgan fingerprint density at radius 2 is 1.81 bits per heavy atom. The van der Waals surface area contributed by atoms with Gasteiger partial charge in [0.05, 0.1) is 13.2 Å². The molecule has 3 rings (SSSR count). The van der Waals surface area contributed by atoms with Crippen molar-refractivity contribution in [3.8, 4) is 5.75 Å². The average Bonchev–Trinajstić information content (AvgIpc) is 2.74. The molecular formula is C21H27N3O3. The summed E-state index contributed by atoms with van der Waals surface area (Å²) >= 11 is 0. The Morgan fingerprint density at radius 1 is 1.19 bits per heavy atom. The zero-order valence-corrected chi connectivity index (χ0v) is 15.9. The van der Waals surface area contributed by atoms with Gasteiger partial charge in [-0.2, -0.15) is 0 Å². The van der Waals surface area contributed by atoms with Gasteiger partial charge in [-0.25, -0.2) is 4.79 Å². The lowest BCUT2D eigenvalue weighted by molar-refractivity contribution is 0.0470. The predicted molar refractivity (Wildman–Crippen MR) is 104 cm³/mol. The van der Waals surface area contributed by atoms with Crippen LogP contribution in [-0.4, -0.2) is 48.8 Å². The second kappa shape index (κ2) is 9.37. The van der Waals surface area contributed by atoms with E-state index >= 15 is 0 Å². The lowest BCUT2D eigenvalue weighted by atomic mass is 9.99. The molecule has 2 heterocycles. The number of nitrogens with zero attached hydrogens (tertiary/aromatic N) is 2. The van der Waals surface area contributed by atoms with Crippen LogP contribution >= 0.6 is 0 Å². The van der Waals surface area contributed by atoms with Gasteiger partial charge in [0.1, 0.15) is 5.75 Å². The Kier molecular flexibility index (Phi) is 6.65. The number of hydrogen-bond donors (Lipinski definition) is 1. The van der Waals surface area contributed by atoms with E-state index in [1.807, 2.05) is 48.2 Å². The van der Waals surface area contributed by atoms with Gasteiger partial charge in [0.2, 0.25) is 0 Å². The summed E-state index contributed by atoms with van der Waals surface area (Å²) < 4.78 is 10.7. The molecule has 2 amide bonds. The molecule has 1 aliphatic rings. The smallest absolute Gasteiger partial charge is 0.318 e. The quantitative estimate of drug-likeness (QED) is 0.848. The van der Waals surface area contributed by atoms with Gasteiger partial charge in [-0.3, -0.25) is 4.98 Å². The minimum atomic E-state index is -0.250. The van der Waals surface area contributed by atoms with Gasteiger partial charge < -0.3 is 19.7 Å². The Bertz CT molecular complexity index is 715. The van der Waals surface area contributed by atoms with E-state index in [0.29, 0.717) is 19.8 Å². The van der Waals surface area contributed by atoms with E-state index in [0.717, 1.165) is 29.7 Å². The molecule has 1 aromatic heterocycles. The molecule has 1 aliphatic heterocycles. The molecule has 6 nitrogen and oxygen atoms in total. The third kappa shape index (κ3) is 4.77. The third-order valence-electron chi connectivity index (χ3n) is 4.99. The van der Waals surface area contributed by atoms with Crippen molar-refractivity contribution in [2.75, 3.05) is 26.9 Å². The maximum atomic E-state index is 13.1. The van der Waals surface area contributed by atoms with Crippen LogP contribution in [0.25, 0.3) is 0 Å². The van der Waals surface area contributed by atoms with E-state index in [1.54, 1.807) is 19.5 Å². The number of amides is 2. The first-order valence-corrected chi connectivity index (χ1v) is 9.41. The van der Waals surface area contributed by atoms with Crippen molar-refractivity contribution in [3.63, 3.8) is 0 Å². The monoisotopic (exact) mass is 369 g/mol. The van der Waals surface area contributed by atoms with Gasteiger partial charge in [-0.1, -0.05) is 12.1 Å². The number of nitrogens with one attached hydrogen (secondary N) is 1. The molecule has 1 aromatic carbocycles. The highest BCUT2D eigenvalue weighted by molar-refractivity contribution is 5.75. The summed E-state index contributed by atoms with van der Waals surface area (Å²) in [4.78, 5) is 19.1. The van der Waals surface area contributed by atoms with Crippen LogP contribution in [0.1, 0.15) is 36.9 Å². The van der Waals surface area contributed by atoms with Gasteiger partial charge in [0.15, 0.2) is 0 Å². The highest BCUT2D eigenvalue weighted by Crippen LogP contribution is 2.25. The van der Waals surface area contributed by atoms with Crippen molar-refractivity contribution in [3.05, 3.63) is 59.9 Å². The molecule has 1 N–H and O–H groups in total. The third-order valence-corrected chi connectivity index (χ3v) is 4.99. The van der Waals surface area contributed by atoms with Crippen molar-refractivity contribution in [2.24, 2.45) is 0 Å². The highest BCUT2D eigenvalue weighted by atomic mass is 16.5. The molecule has 0 spiro atoms. The molecule has 0 aliphatic carbocycles. The molecule has 0 bridgehead atoms. The number of ether oxygens (including phenoxy) is 2. The summed E-state index contributed by atoms with van der Waals surface area (Å²) in [6, 6.07) is 11.6. The number of pyridine rings is 1. The van der Waals surface area contributed by atoms with Crippen molar-refractivity contribution in [2.45, 2.75) is 31.8 Å². The fourth-order valence-corrected chi connectivity index (χ4v) is 3.48. The molecule has 1 saturated heterocycles. The maximum absolute atomic E-state index is 13.1. The zero-order chi connectivity index (χ0) is 19.1. The SMILES string of the molecule is CCN(C(=O)N[C@H](c1ccncc1)c1ccc(OC)cc1)C1CCOCC1. The first-order chi connectivity index (χ1) is 13.2. The molecule has 0 unspecified atom stereocenters. The number of urea groups is 1. The lowest BCUT2D eigenvalue weighted by Gasteiger charge is -2.35. The standard InChI is InChI=1S/C21H27N3O3/c1-3-24(18-10-14-27-15-11-18)21(25)23-20(17-8-12-22-13-9-17)16-4-6-19(26-2)7-5-16/h4-9,12-13,18,20H,3,10-11,14-15H2,1-2H3,(H,23,25)/t20-/m0/s1. The summed E-state index contributed by atoms with van der Waals surface area (Å²) in [7, 11) is 1.64. The number of carbonyl (C=O) groups is 1. The van der Waals surface area contributed by atoms with Crippen molar-refractivity contribution in [1.29, 1.82) is 0 Å². The number of benzene rings is 1. The average molecular weight is 369 g/mol. The van der Waals surface area contributed by atoms with E-state index < -0.39 is 0 Å². The zero-order valence-electron chi connectivity index (χ0n) is 15.9. The summed E-state index contributed by atoms with van der Waals surface area (Å²) in [5, 5.41) is 3.21. The van der Waals surface area contributed by atoms with Crippen LogP contribution in [-0.2, 0) is 4.74 Å². The Balaban J connectivity index is 1.82. The van der Waals surface area contributed by atoms with Gasteiger partial charge in [-0.15, -0.1) is 0 Å². The topological polar surface area (TPSA) is 63.7 Å². The lowest BCUT2D eigenvalue weighted by Crippen LogP contribution is -2.49. The van der Waals surface area contributed by atoms with Gasteiger partial charge in [-0.05, 0) is 55.2 Å². The second-order valence-electron chi connectivity index (χ2n) is 6.57. The van der Waals surface area contributed by atoms with Crippen LogP contribution in [0.4, 0.5) is 4.79 Å². The van der Waals surface area contributed by atoms with Gasteiger partial charge >= 0.3 is 6.03 Å². The highest BCUT2D eigenvalue weighted by Gasteiger charge is 2.27. The summed E-state index contributed by atoms with van der Waals surface area (Å²) in [6.07, 6.45) is 5.25. The molecule has 144 valence electrons. The summed E-state index contributed by atoms with van der Waals surface area (Å²) in [5.74, 6) is 0.788. The number of aromatic nitrogens is 1. The molecule has 27 heavy (non-hydrogen) atoms. The van der Waals surface area contributed by atoms with Crippen LogP contribution < -0.4 is 10.1 Å². The van der Waals surface area contributed by atoms with E-state index in [9.17, 15) is 4.79 Å². The molecule has 6 heteroatoms. The molecule has 2 aromatic rings. The summed E-state index contributed by atoms with van der Waals surface area (Å²) in [5.41, 5.74) is 1.99. The fraction of sp³-hybridized carbons (Fsp3) is 0.429. The van der Waals surface area contributed by atoms with Crippen LogP contribution in [0.3, 0.4) is 0 Å². The number of rotatable bonds is 6. The number of carbonyl (C=O) groups excluding carboxylic acids is 1. The minimum absolute atomic E-state index is 0.0537. The van der Waals surface area contributed by atoms with Crippen LogP contribution in [0.5, 0.6) is 5.75 Å². The molecular weight excluding hydrogens is 342 g/mol. The van der Waals surface area contributed by atoms with E-state index in [2.05, 4.69) is 10.3 Å². The minimum Gasteiger partial charge on any atom is -0.497 e. The molecule has 0 radical (unpaired) electrons. The van der Waals surface area contributed by atoms with Crippen molar-refractivity contribution < 1.29 is 14.3 Å². The second-order valence-corrected chi connectivity index (χ2v) is 6.57. The predicted octanol–water partition coefficient (Wildman–Crippen LogP) is 3.39. The van der Waals surface area contributed by atoms with E-state index in [1.165, 1.54) is 0 Å². The Morgan fingerprint density at radius 3 is 2.41 bits per heavy atom. The van der Waals surface area contributed by atoms with Crippen molar-refractivity contribution >= 4 is 6.03 Å². The number of methoxy groups -OCH3 is 1. The molecule has 0 saturated carbocycles. The van der Waals surface area contributed by atoms with E-state index in [4.69, 9.17) is 9.47 Å². The van der Waals surface area contributed by atoms with Gasteiger partial charge in [0, 0.05) is 38.2 Å². The van der Waals surface area contributed by atoms with E-state index in [-0.39, 0.29) is 18.1 Å². The van der Waals surface area contributed by atoms with Crippen molar-refractivity contribution in [1.82, 2.24) is 15.2 Å². The summed E-state index contributed by atoms with van der Waals surface area (Å²) in [6.45, 7) is 4.10. The normalized spacial score (nSPS) is 15.8. The van der Waals surface area contributed by atoms with Crippen LogP contribution in [0.2, 0.25) is 0 Å². The Labute approximate surface area is 160 Å². The maximum Gasteiger partial charge on any atom is 0.318 e. The first-order valence-electron chi connectivity index (χ1n) is 9.41. The van der Waals surface area contributed by atoms with Gasteiger partial charge in [0.25, 0.3) is 0 Å². The van der Waals surface area contributed by atoms with Crippen LogP contribution in [0.15, 0.2) is 48.8 Å². The molecule has 1 fully saturated rings.